The maximum atomic E-state index is 12.5. The highest BCUT2D eigenvalue weighted by Crippen LogP contribution is 2.20. The molecule has 0 saturated carbocycles. The Kier molecular flexibility index (Phi) is 3.33. The summed E-state index contributed by atoms with van der Waals surface area (Å²) in [6.07, 6.45) is 1.42. The van der Waals surface area contributed by atoms with E-state index in [-0.39, 0.29) is 11.0 Å². The van der Waals surface area contributed by atoms with Crippen LogP contribution in [0.2, 0.25) is 0 Å². The molecule has 1 amide bonds. The lowest BCUT2D eigenvalue weighted by atomic mass is 10.1. The summed E-state index contributed by atoms with van der Waals surface area (Å²) in [5.74, 6) is -0.488. The zero-order valence-corrected chi connectivity index (χ0v) is 13.0. The Hall–Kier alpha value is -3.85. The molecule has 0 bridgehead atoms. The fraction of sp³-hybridized carbons (Fsp3) is 0. The number of anilines is 1. The Bertz CT molecular complexity index is 1230. The van der Waals surface area contributed by atoms with E-state index in [1.54, 1.807) is 42.5 Å². The SMILES string of the molecule is N#Cc1cc2ccc(NC(=O)c3c[nH]c4ccccc4c3=O)cc2[nH]1. The van der Waals surface area contributed by atoms with Crippen molar-refractivity contribution in [3.8, 4) is 6.07 Å². The molecule has 2 heterocycles. The Morgan fingerprint density at radius 3 is 2.76 bits per heavy atom. The number of carbonyl (C=O) groups is 1. The van der Waals surface area contributed by atoms with Gasteiger partial charge in [0.25, 0.3) is 5.91 Å². The highest BCUT2D eigenvalue weighted by Gasteiger charge is 2.13. The number of benzene rings is 2. The molecule has 0 saturated heterocycles. The molecular formula is C19H12N4O2. The van der Waals surface area contributed by atoms with E-state index in [9.17, 15) is 9.59 Å². The van der Waals surface area contributed by atoms with E-state index in [2.05, 4.69) is 15.3 Å². The van der Waals surface area contributed by atoms with Crippen LogP contribution in [0.5, 0.6) is 0 Å². The molecule has 2 aromatic heterocycles. The summed E-state index contributed by atoms with van der Waals surface area (Å²) in [6, 6.07) is 16.1. The number of hydrogen-bond donors (Lipinski definition) is 3. The van der Waals surface area contributed by atoms with Crippen LogP contribution in [0.3, 0.4) is 0 Å². The summed E-state index contributed by atoms with van der Waals surface area (Å²) in [5.41, 5.74) is 2.13. The third-order valence-corrected chi connectivity index (χ3v) is 4.03. The number of aromatic amines is 2. The molecule has 6 heteroatoms. The number of hydrogen-bond acceptors (Lipinski definition) is 3. The van der Waals surface area contributed by atoms with Gasteiger partial charge in [-0.2, -0.15) is 5.26 Å². The van der Waals surface area contributed by atoms with Gasteiger partial charge in [0.2, 0.25) is 5.43 Å². The zero-order chi connectivity index (χ0) is 17.4. The number of fused-ring (bicyclic) bond motifs is 2. The molecule has 2 aromatic carbocycles. The first kappa shape index (κ1) is 14.7. The van der Waals surface area contributed by atoms with Crippen molar-refractivity contribution in [1.29, 1.82) is 5.26 Å². The standard InChI is InChI=1S/C19H12N4O2/c20-9-13-7-11-5-6-12(8-17(11)22-13)23-19(25)15-10-21-16-4-2-1-3-14(16)18(15)24/h1-8,10,22H,(H,21,24)(H,23,25). The average molecular weight is 328 g/mol. The molecule has 0 radical (unpaired) electrons. The van der Waals surface area contributed by atoms with E-state index in [1.807, 2.05) is 12.1 Å². The summed E-state index contributed by atoms with van der Waals surface area (Å²) in [4.78, 5) is 30.9. The van der Waals surface area contributed by atoms with Gasteiger partial charge in [-0.1, -0.05) is 18.2 Å². The first-order valence-corrected chi connectivity index (χ1v) is 7.60. The molecule has 6 nitrogen and oxygen atoms in total. The van der Waals surface area contributed by atoms with E-state index in [0.29, 0.717) is 22.3 Å². The highest BCUT2D eigenvalue weighted by molar-refractivity contribution is 6.06. The molecule has 0 unspecified atom stereocenters. The van der Waals surface area contributed by atoms with Crippen LogP contribution < -0.4 is 10.7 Å². The Balaban J connectivity index is 1.69. The average Bonchev–Trinajstić information content (AvgIpc) is 3.04. The van der Waals surface area contributed by atoms with Crippen LogP contribution in [0.1, 0.15) is 16.1 Å². The molecule has 120 valence electrons. The number of H-pyrrole nitrogens is 2. The third-order valence-electron chi connectivity index (χ3n) is 4.03. The number of pyridine rings is 1. The summed E-state index contributed by atoms with van der Waals surface area (Å²) < 4.78 is 0. The Morgan fingerprint density at radius 1 is 1.08 bits per heavy atom. The number of rotatable bonds is 2. The van der Waals surface area contributed by atoms with E-state index < -0.39 is 5.91 Å². The molecular weight excluding hydrogens is 316 g/mol. The maximum Gasteiger partial charge on any atom is 0.261 e. The lowest BCUT2D eigenvalue weighted by Crippen LogP contribution is -2.21. The maximum absolute atomic E-state index is 12.5. The Labute approximate surface area is 141 Å². The predicted octanol–water partition coefficient (Wildman–Crippen LogP) is 3.13. The van der Waals surface area contributed by atoms with Crippen molar-refractivity contribution < 1.29 is 4.79 Å². The van der Waals surface area contributed by atoms with Crippen molar-refractivity contribution in [2.75, 3.05) is 5.32 Å². The van der Waals surface area contributed by atoms with Gasteiger partial charge in [-0.15, -0.1) is 0 Å². The number of nitrogens with one attached hydrogen (secondary N) is 3. The van der Waals surface area contributed by atoms with Gasteiger partial charge in [0.1, 0.15) is 17.3 Å². The predicted molar refractivity (Wildman–Crippen MR) is 95.5 cm³/mol. The molecule has 25 heavy (non-hydrogen) atoms. The quantitative estimate of drug-likeness (QED) is 0.527. The number of carbonyl (C=O) groups excluding carboxylic acids is 1. The minimum atomic E-state index is -0.488. The van der Waals surface area contributed by atoms with Crippen molar-refractivity contribution in [3.63, 3.8) is 0 Å². The first-order chi connectivity index (χ1) is 12.2. The zero-order valence-electron chi connectivity index (χ0n) is 13.0. The molecule has 4 rings (SSSR count). The van der Waals surface area contributed by atoms with Crippen LogP contribution in [0.25, 0.3) is 21.8 Å². The molecule has 3 N–H and O–H groups in total. The Morgan fingerprint density at radius 2 is 1.92 bits per heavy atom. The smallest absolute Gasteiger partial charge is 0.261 e. The lowest BCUT2D eigenvalue weighted by Gasteiger charge is -2.06. The van der Waals surface area contributed by atoms with Gasteiger partial charge in [-0.3, -0.25) is 9.59 Å². The van der Waals surface area contributed by atoms with Gasteiger partial charge in [0.15, 0.2) is 0 Å². The number of nitrogens with zero attached hydrogens (tertiary/aromatic N) is 1. The van der Waals surface area contributed by atoms with E-state index in [4.69, 9.17) is 5.26 Å². The summed E-state index contributed by atoms with van der Waals surface area (Å²) in [7, 11) is 0. The lowest BCUT2D eigenvalue weighted by molar-refractivity contribution is 0.102. The fourth-order valence-corrected chi connectivity index (χ4v) is 2.80. The molecule has 0 aliphatic heterocycles. The number of nitriles is 1. The van der Waals surface area contributed by atoms with E-state index >= 15 is 0 Å². The van der Waals surface area contributed by atoms with Crippen LogP contribution >= 0.6 is 0 Å². The van der Waals surface area contributed by atoms with Gasteiger partial charge in [-0.05, 0) is 30.3 Å². The van der Waals surface area contributed by atoms with Gasteiger partial charge in [-0.25, -0.2) is 0 Å². The van der Waals surface area contributed by atoms with Crippen molar-refractivity contribution in [1.82, 2.24) is 9.97 Å². The van der Waals surface area contributed by atoms with Crippen LogP contribution in [-0.4, -0.2) is 15.9 Å². The van der Waals surface area contributed by atoms with Crippen LogP contribution in [-0.2, 0) is 0 Å². The van der Waals surface area contributed by atoms with Crippen LogP contribution in [0.4, 0.5) is 5.69 Å². The highest BCUT2D eigenvalue weighted by atomic mass is 16.2. The monoisotopic (exact) mass is 328 g/mol. The van der Waals surface area contributed by atoms with Crippen molar-refractivity contribution in [2.45, 2.75) is 0 Å². The normalized spacial score (nSPS) is 10.7. The molecule has 0 fully saturated rings. The third kappa shape index (κ3) is 2.54. The van der Waals surface area contributed by atoms with Crippen LogP contribution in [0, 0.1) is 11.3 Å². The fourth-order valence-electron chi connectivity index (χ4n) is 2.80. The minimum Gasteiger partial charge on any atom is -0.360 e. The largest absolute Gasteiger partial charge is 0.360 e. The van der Waals surface area contributed by atoms with E-state index in [0.717, 1.165) is 10.9 Å². The van der Waals surface area contributed by atoms with Crippen molar-refractivity contribution in [2.24, 2.45) is 0 Å². The second-order valence-corrected chi connectivity index (χ2v) is 5.63. The molecule has 4 aromatic rings. The first-order valence-electron chi connectivity index (χ1n) is 7.60. The second-order valence-electron chi connectivity index (χ2n) is 5.63. The number of aromatic nitrogens is 2. The second kappa shape index (κ2) is 5.65. The van der Waals surface area contributed by atoms with E-state index in [1.165, 1.54) is 6.20 Å². The summed E-state index contributed by atoms with van der Waals surface area (Å²) in [5, 5.41) is 13.0. The topological polar surface area (TPSA) is 102 Å². The molecule has 0 spiro atoms. The van der Waals surface area contributed by atoms with Crippen molar-refractivity contribution in [3.05, 3.63) is 76.2 Å². The number of para-hydroxylation sites is 1. The number of amides is 1. The minimum absolute atomic E-state index is 0.0444. The van der Waals surface area contributed by atoms with Gasteiger partial charge in [0.05, 0.1) is 0 Å². The summed E-state index contributed by atoms with van der Waals surface area (Å²) in [6.45, 7) is 0. The van der Waals surface area contributed by atoms with Gasteiger partial charge < -0.3 is 15.3 Å². The van der Waals surface area contributed by atoms with Crippen molar-refractivity contribution >= 4 is 33.4 Å². The van der Waals surface area contributed by atoms with Gasteiger partial charge >= 0.3 is 0 Å². The van der Waals surface area contributed by atoms with Gasteiger partial charge in [0, 0.05) is 33.7 Å². The summed E-state index contributed by atoms with van der Waals surface area (Å²) >= 11 is 0. The van der Waals surface area contributed by atoms with Crippen LogP contribution in [0.15, 0.2) is 59.5 Å². The molecule has 0 aliphatic rings. The molecule has 0 aliphatic carbocycles. The molecule has 0 atom stereocenters.